The molecule has 2 aromatic rings. The van der Waals surface area contributed by atoms with Crippen molar-refractivity contribution in [3.8, 4) is 0 Å². The first-order chi connectivity index (χ1) is 13.0. The van der Waals surface area contributed by atoms with Crippen LogP contribution in [0.2, 0.25) is 0 Å². The van der Waals surface area contributed by atoms with E-state index in [9.17, 15) is 9.59 Å². The number of likely N-dealkylation sites (tertiary alicyclic amines) is 1. The van der Waals surface area contributed by atoms with Crippen molar-refractivity contribution < 1.29 is 14.0 Å². The van der Waals surface area contributed by atoms with Crippen LogP contribution in [-0.4, -0.2) is 46.9 Å². The Morgan fingerprint density at radius 2 is 2.04 bits per heavy atom. The average Bonchev–Trinajstić information content (AvgIpc) is 3.22. The molecular formula is C20H26N4O3. The van der Waals surface area contributed by atoms with Gasteiger partial charge < -0.3 is 15.1 Å². The number of hydrogen-bond acceptors (Lipinski definition) is 5. The second kappa shape index (κ2) is 8.81. The molecule has 0 aromatic carbocycles. The summed E-state index contributed by atoms with van der Waals surface area (Å²) in [5.74, 6) is 1.62. The number of carbonyl (C=O) groups is 2. The number of nitrogens with zero attached hydrogens (tertiary/aromatic N) is 2. The quantitative estimate of drug-likeness (QED) is 0.770. The number of aromatic nitrogens is 1. The zero-order valence-electron chi connectivity index (χ0n) is 15.8. The zero-order valence-corrected chi connectivity index (χ0v) is 15.8. The number of furan rings is 1. The van der Waals surface area contributed by atoms with Crippen LogP contribution < -0.4 is 10.6 Å². The molecular weight excluding hydrogens is 344 g/mol. The molecule has 0 saturated carbocycles. The summed E-state index contributed by atoms with van der Waals surface area (Å²) in [6, 6.07) is 7.17. The van der Waals surface area contributed by atoms with Crippen molar-refractivity contribution in [2.24, 2.45) is 0 Å². The molecule has 1 saturated heterocycles. The minimum absolute atomic E-state index is 0.00772. The van der Waals surface area contributed by atoms with Gasteiger partial charge in [-0.15, -0.1) is 0 Å². The minimum atomic E-state index is -0.276. The molecule has 0 radical (unpaired) electrons. The van der Waals surface area contributed by atoms with Crippen molar-refractivity contribution in [1.82, 2.24) is 20.5 Å². The van der Waals surface area contributed by atoms with Gasteiger partial charge in [0, 0.05) is 31.5 Å². The van der Waals surface area contributed by atoms with Gasteiger partial charge in [-0.3, -0.25) is 19.5 Å². The Labute approximate surface area is 159 Å². The Morgan fingerprint density at radius 1 is 1.26 bits per heavy atom. The molecule has 2 aromatic heterocycles. The van der Waals surface area contributed by atoms with Crippen LogP contribution in [0.3, 0.4) is 0 Å². The van der Waals surface area contributed by atoms with Crippen LogP contribution in [0.1, 0.15) is 30.4 Å². The first-order valence-corrected chi connectivity index (χ1v) is 9.30. The average molecular weight is 370 g/mol. The van der Waals surface area contributed by atoms with Crippen molar-refractivity contribution in [1.29, 1.82) is 0 Å². The number of pyridine rings is 1. The molecule has 144 valence electrons. The van der Waals surface area contributed by atoms with E-state index < -0.39 is 0 Å². The summed E-state index contributed by atoms with van der Waals surface area (Å²) in [6.45, 7) is 5.55. The van der Waals surface area contributed by atoms with E-state index in [1.54, 1.807) is 12.4 Å². The molecule has 3 rings (SSSR count). The van der Waals surface area contributed by atoms with Gasteiger partial charge >= 0.3 is 0 Å². The van der Waals surface area contributed by atoms with Gasteiger partial charge in [0.05, 0.1) is 19.0 Å². The van der Waals surface area contributed by atoms with Gasteiger partial charge in [0.1, 0.15) is 11.5 Å². The lowest BCUT2D eigenvalue weighted by molar-refractivity contribution is -0.125. The van der Waals surface area contributed by atoms with Crippen LogP contribution in [0.25, 0.3) is 0 Å². The van der Waals surface area contributed by atoms with Crippen LogP contribution in [0.5, 0.6) is 0 Å². The topological polar surface area (TPSA) is 87.5 Å². The van der Waals surface area contributed by atoms with Crippen LogP contribution >= 0.6 is 0 Å². The molecule has 0 spiro atoms. The highest BCUT2D eigenvalue weighted by Crippen LogP contribution is 2.22. The van der Waals surface area contributed by atoms with Gasteiger partial charge in [0.25, 0.3) is 0 Å². The van der Waals surface area contributed by atoms with E-state index in [1.165, 1.54) is 0 Å². The van der Waals surface area contributed by atoms with Crippen LogP contribution in [0.15, 0.2) is 41.1 Å². The number of rotatable bonds is 7. The Balaban J connectivity index is 1.62. The van der Waals surface area contributed by atoms with Crippen molar-refractivity contribution in [2.45, 2.75) is 45.3 Å². The second-order valence-corrected chi connectivity index (χ2v) is 6.88. The third kappa shape index (κ3) is 5.17. The molecule has 1 aliphatic rings. The summed E-state index contributed by atoms with van der Waals surface area (Å²) >= 11 is 0. The Kier molecular flexibility index (Phi) is 6.24. The first kappa shape index (κ1) is 19.1. The fraction of sp³-hybridized carbons (Fsp3) is 0.450. The number of nitrogens with one attached hydrogen (secondary N) is 2. The van der Waals surface area contributed by atoms with Gasteiger partial charge in [-0.25, -0.2) is 0 Å². The molecule has 2 amide bonds. The van der Waals surface area contributed by atoms with Crippen LogP contribution in [0.4, 0.5) is 0 Å². The smallest absolute Gasteiger partial charge is 0.237 e. The third-order valence-corrected chi connectivity index (χ3v) is 4.69. The predicted octanol–water partition coefficient (Wildman–Crippen LogP) is 1.42. The maximum Gasteiger partial charge on any atom is 0.237 e. The van der Waals surface area contributed by atoms with E-state index in [4.69, 9.17) is 4.42 Å². The Hall–Kier alpha value is -2.67. The molecule has 0 unspecified atom stereocenters. The predicted molar refractivity (Wildman–Crippen MR) is 101 cm³/mol. The van der Waals surface area contributed by atoms with E-state index in [-0.39, 0.29) is 23.9 Å². The summed E-state index contributed by atoms with van der Waals surface area (Å²) in [6.07, 6.45) is 4.25. The second-order valence-electron chi connectivity index (χ2n) is 6.88. The molecule has 2 N–H and O–H groups in total. The molecule has 3 heterocycles. The van der Waals surface area contributed by atoms with Crippen molar-refractivity contribution >= 4 is 11.8 Å². The normalized spacial score (nSPS) is 19.8. The van der Waals surface area contributed by atoms with Gasteiger partial charge in [0.15, 0.2) is 0 Å². The third-order valence-electron chi connectivity index (χ3n) is 4.69. The summed E-state index contributed by atoms with van der Waals surface area (Å²) in [5.41, 5.74) is 0.920. The molecule has 2 atom stereocenters. The maximum absolute atomic E-state index is 12.5. The molecule has 0 aliphatic carbocycles. The molecule has 1 aliphatic heterocycles. The van der Waals surface area contributed by atoms with Gasteiger partial charge in [-0.05, 0) is 50.1 Å². The summed E-state index contributed by atoms with van der Waals surface area (Å²) in [7, 11) is 0. The van der Waals surface area contributed by atoms with E-state index in [0.29, 0.717) is 32.5 Å². The van der Waals surface area contributed by atoms with E-state index in [2.05, 4.69) is 20.5 Å². The van der Waals surface area contributed by atoms with E-state index >= 15 is 0 Å². The van der Waals surface area contributed by atoms with Gasteiger partial charge in [-0.1, -0.05) is 0 Å². The SMILES string of the molecule is CCNC(=O)[C@@H]1C[C@@H](NC(=O)Cc2ccncc2)CN1Cc1ccc(C)o1. The number of amides is 2. The number of likely N-dealkylation sites (N-methyl/N-ethyl adjacent to an activating group) is 1. The summed E-state index contributed by atoms with van der Waals surface area (Å²) in [5, 5.41) is 5.95. The highest BCUT2D eigenvalue weighted by Gasteiger charge is 2.37. The molecule has 7 nitrogen and oxygen atoms in total. The fourth-order valence-corrected chi connectivity index (χ4v) is 3.48. The van der Waals surface area contributed by atoms with E-state index in [0.717, 1.165) is 17.1 Å². The van der Waals surface area contributed by atoms with Crippen LogP contribution in [-0.2, 0) is 22.6 Å². The molecule has 27 heavy (non-hydrogen) atoms. The highest BCUT2D eigenvalue weighted by atomic mass is 16.3. The van der Waals surface area contributed by atoms with Crippen molar-refractivity contribution in [2.75, 3.05) is 13.1 Å². The van der Waals surface area contributed by atoms with Gasteiger partial charge in [-0.2, -0.15) is 0 Å². The largest absolute Gasteiger partial charge is 0.465 e. The van der Waals surface area contributed by atoms with E-state index in [1.807, 2.05) is 38.1 Å². The zero-order chi connectivity index (χ0) is 19.2. The molecule has 1 fully saturated rings. The highest BCUT2D eigenvalue weighted by molar-refractivity contribution is 5.83. The lowest BCUT2D eigenvalue weighted by Gasteiger charge is -2.22. The van der Waals surface area contributed by atoms with Gasteiger partial charge in [0.2, 0.25) is 11.8 Å². The summed E-state index contributed by atoms with van der Waals surface area (Å²) in [4.78, 5) is 30.9. The number of aryl methyl sites for hydroxylation is 1. The molecule has 0 bridgehead atoms. The molecule has 7 heteroatoms. The standard InChI is InChI=1S/C20H26N4O3/c1-3-22-20(26)18-11-16(12-24(18)13-17-5-4-14(2)27-17)23-19(25)10-15-6-8-21-9-7-15/h4-9,16,18H,3,10-13H2,1-2H3,(H,22,26)(H,23,25)/t16-,18+/m1/s1. The maximum atomic E-state index is 12.5. The fourth-order valence-electron chi connectivity index (χ4n) is 3.48. The van der Waals surface area contributed by atoms with Crippen molar-refractivity contribution in [3.63, 3.8) is 0 Å². The van der Waals surface area contributed by atoms with Crippen molar-refractivity contribution in [3.05, 3.63) is 53.7 Å². The first-order valence-electron chi connectivity index (χ1n) is 9.30. The summed E-state index contributed by atoms with van der Waals surface area (Å²) < 4.78 is 5.66. The Morgan fingerprint density at radius 3 is 2.70 bits per heavy atom. The number of hydrogen-bond donors (Lipinski definition) is 2. The Bertz CT molecular complexity index is 775. The lowest BCUT2D eigenvalue weighted by atomic mass is 10.1. The minimum Gasteiger partial charge on any atom is -0.465 e. The number of carbonyl (C=O) groups excluding carboxylic acids is 2. The lowest BCUT2D eigenvalue weighted by Crippen LogP contribution is -2.42. The monoisotopic (exact) mass is 370 g/mol. The van der Waals surface area contributed by atoms with Crippen LogP contribution in [0, 0.1) is 6.92 Å².